The summed E-state index contributed by atoms with van der Waals surface area (Å²) in [5.74, 6) is -3.13. The lowest BCUT2D eigenvalue weighted by Gasteiger charge is -2.15. The molecule has 0 fully saturated rings. The van der Waals surface area contributed by atoms with Crippen LogP contribution < -0.4 is 0 Å². The number of nitrogens with zero attached hydrogens (tertiary/aromatic N) is 2. The van der Waals surface area contributed by atoms with Gasteiger partial charge in [0.05, 0.1) is 17.9 Å². The molecule has 3 aromatic rings. The van der Waals surface area contributed by atoms with Crippen LogP contribution in [0.4, 0.5) is 13.2 Å². The summed E-state index contributed by atoms with van der Waals surface area (Å²) in [6.45, 7) is 2.09. The van der Waals surface area contributed by atoms with E-state index < -0.39 is 23.0 Å². The summed E-state index contributed by atoms with van der Waals surface area (Å²) >= 11 is 6.13. The smallest absolute Gasteiger partial charge is 0.160 e. The normalized spacial score (nSPS) is 11.0. The lowest BCUT2D eigenvalue weighted by Crippen LogP contribution is -2.01. The highest BCUT2D eigenvalue weighted by molar-refractivity contribution is 6.32. The summed E-state index contributed by atoms with van der Waals surface area (Å²) < 4.78 is 47.1. The summed E-state index contributed by atoms with van der Waals surface area (Å²) in [7, 11) is 1.59. The van der Waals surface area contributed by atoms with Gasteiger partial charge in [0.15, 0.2) is 5.15 Å². The first-order valence-electron chi connectivity index (χ1n) is 7.68. The lowest BCUT2D eigenvalue weighted by atomic mass is 9.94. The maximum atomic E-state index is 14.4. The summed E-state index contributed by atoms with van der Waals surface area (Å²) in [6.07, 6.45) is 0. The van der Waals surface area contributed by atoms with Crippen molar-refractivity contribution in [3.63, 3.8) is 0 Å². The van der Waals surface area contributed by atoms with Crippen molar-refractivity contribution in [2.24, 2.45) is 0 Å². The van der Waals surface area contributed by atoms with Crippen molar-refractivity contribution in [3.05, 3.63) is 70.3 Å². The van der Waals surface area contributed by atoms with Gasteiger partial charge in [-0.1, -0.05) is 35.9 Å². The summed E-state index contributed by atoms with van der Waals surface area (Å²) in [5, 5.41) is 7.54. The predicted octanol–water partition coefficient (Wildman–Crippen LogP) is 5.34. The second kappa shape index (κ2) is 7.43. The van der Waals surface area contributed by atoms with E-state index in [1.807, 2.05) is 12.1 Å². The number of hydrogen-bond donors (Lipinski definition) is 0. The molecule has 0 radical (unpaired) electrons. The number of aromatic nitrogens is 2. The number of ether oxygens (including phenoxy) is 1. The standard InChI is InChI=1S/C19H14ClF3N2O/c1-10-16(12-5-3-11(4-6-12)9-26-2)18(19(20)25-24-10)17-14(22)7-13(21)8-15(17)23/h3-8H,9H2,1-2H3. The van der Waals surface area contributed by atoms with Gasteiger partial charge in [-0.3, -0.25) is 0 Å². The number of aryl methyl sites for hydroxylation is 1. The van der Waals surface area contributed by atoms with Crippen LogP contribution in [0.15, 0.2) is 36.4 Å². The molecule has 0 aliphatic carbocycles. The van der Waals surface area contributed by atoms with Crippen LogP contribution in [-0.2, 0) is 11.3 Å². The molecule has 0 N–H and O–H groups in total. The molecule has 0 bridgehead atoms. The fourth-order valence-corrected chi connectivity index (χ4v) is 3.03. The minimum atomic E-state index is -1.06. The summed E-state index contributed by atoms with van der Waals surface area (Å²) in [5.41, 5.74) is 2.05. The Kier molecular flexibility index (Phi) is 5.25. The zero-order chi connectivity index (χ0) is 18.8. The Morgan fingerprint density at radius 2 is 1.54 bits per heavy atom. The third-order valence-electron chi connectivity index (χ3n) is 3.92. The number of methoxy groups -OCH3 is 1. The Hall–Kier alpha value is -2.44. The topological polar surface area (TPSA) is 35.0 Å². The number of benzene rings is 2. The largest absolute Gasteiger partial charge is 0.380 e. The highest BCUT2D eigenvalue weighted by Crippen LogP contribution is 2.40. The molecule has 3 nitrogen and oxygen atoms in total. The van der Waals surface area contributed by atoms with Gasteiger partial charge in [-0.2, -0.15) is 5.10 Å². The van der Waals surface area contributed by atoms with Crippen molar-refractivity contribution in [1.29, 1.82) is 0 Å². The van der Waals surface area contributed by atoms with Gasteiger partial charge in [-0.05, 0) is 18.1 Å². The minimum absolute atomic E-state index is 0.0358. The molecule has 134 valence electrons. The van der Waals surface area contributed by atoms with Gasteiger partial charge >= 0.3 is 0 Å². The van der Waals surface area contributed by atoms with Gasteiger partial charge in [0.2, 0.25) is 0 Å². The Labute approximate surface area is 153 Å². The molecule has 0 amide bonds. The molecule has 26 heavy (non-hydrogen) atoms. The molecule has 0 aliphatic heterocycles. The van der Waals surface area contributed by atoms with Crippen molar-refractivity contribution in [2.75, 3.05) is 7.11 Å². The predicted molar refractivity (Wildman–Crippen MR) is 93.2 cm³/mol. The van der Waals surface area contributed by atoms with Crippen molar-refractivity contribution in [3.8, 4) is 22.3 Å². The second-order valence-corrected chi connectivity index (χ2v) is 6.06. The van der Waals surface area contributed by atoms with Crippen molar-refractivity contribution in [2.45, 2.75) is 13.5 Å². The maximum Gasteiger partial charge on any atom is 0.160 e. The van der Waals surface area contributed by atoms with Gasteiger partial charge in [0.25, 0.3) is 0 Å². The van der Waals surface area contributed by atoms with E-state index in [1.54, 1.807) is 26.2 Å². The Bertz CT molecular complexity index is 939. The first-order chi connectivity index (χ1) is 12.4. The molecule has 0 unspecified atom stereocenters. The van der Waals surface area contributed by atoms with Crippen molar-refractivity contribution >= 4 is 11.6 Å². The molecule has 1 heterocycles. The van der Waals surface area contributed by atoms with Crippen LogP contribution in [-0.4, -0.2) is 17.3 Å². The molecule has 0 atom stereocenters. The van der Waals surface area contributed by atoms with Crippen LogP contribution >= 0.6 is 11.6 Å². The first-order valence-corrected chi connectivity index (χ1v) is 8.06. The van der Waals surface area contributed by atoms with E-state index in [9.17, 15) is 13.2 Å². The van der Waals surface area contributed by atoms with Gasteiger partial charge < -0.3 is 4.74 Å². The van der Waals surface area contributed by atoms with Crippen LogP contribution in [0.2, 0.25) is 5.15 Å². The third-order valence-corrected chi connectivity index (χ3v) is 4.18. The van der Waals surface area contributed by atoms with Gasteiger partial charge in [-0.15, -0.1) is 5.10 Å². The minimum Gasteiger partial charge on any atom is -0.380 e. The molecule has 3 rings (SSSR count). The molecular formula is C19H14ClF3N2O. The molecular weight excluding hydrogens is 365 g/mol. The summed E-state index contributed by atoms with van der Waals surface area (Å²) in [6, 6.07) is 8.42. The molecule has 7 heteroatoms. The van der Waals surface area contributed by atoms with Crippen molar-refractivity contribution < 1.29 is 17.9 Å². The van der Waals surface area contributed by atoms with E-state index in [-0.39, 0.29) is 10.7 Å². The van der Waals surface area contributed by atoms with E-state index in [4.69, 9.17) is 16.3 Å². The Morgan fingerprint density at radius 3 is 2.12 bits per heavy atom. The van der Waals surface area contributed by atoms with Crippen LogP contribution in [0.25, 0.3) is 22.3 Å². The second-order valence-electron chi connectivity index (χ2n) is 5.70. The fourth-order valence-electron chi connectivity index (χ4n) is 2.80. The van der Waals surface area contributed by atoms with Crippen LogP contribution in [0.3, 0.4) is 0 Å². The number of halogens is 4. The fraction of sp³-hybridized carbons (Fsp3) is 0.158. The van der Waals surface area contributed by atoms with Gasteiger partial charge in [0.1, 0.15) is 17.5 Å². The van der Waals surface area contributed by atoms with Crippen LogP contribution in [0.5, 0.6) is 0 Å². The number of rotatable bonds is 4. The van der Waals surface area contributed by atoms with E-state index in [0.717, 1.165) is 5.56 Å². The molecule has 0 saturated heterocycles. The SMILES string of the molecule is COCc1ccc(-c2c(C)nnc(Cl)c2-c2c(F)cc(F)cc2F)cc1. The molecule has 0 spiro atoms. The summed E-state index contributed by atoms with van der Waals surface area (Å²) in [4.78, 5) is 0. The van der Waals surface area contributed by atoms with Gasteiger partial charge in [-0.25, -0.2) is 13.2 Å². The van der Waals surface area contributed by atoms with E-state index in [2.05, 4.69) is 10.2 Å². The van der Waals surface area contributed by atoms with Crippen molar-refractivity contribution in [1.82, 2.24) is 10.2 Å². The Morgan fingerprint density at radius 1 is 0.923 bits per heavy atom. The molecule has 1 aromatic heterocycles. The van der Waals surface area contributed by atoms with Crippen LogP contribution in [0.1, 0.15) is 11.3 Å². The highest BCUT2D eigenvalue weighted by Gasteiger charge is 2.23. The van der Waals surface area contributed by atoms with E-state index in [1.165, 1.54) is 0 Å². The maximum absolute atomic E-state index is 14.4. The van der Waals surface area contributed by atoms with E-state index >= 15 is 0 Å². The lowest BCUT2D eigenvalue weighted by molar-refractivity contribution is 0.185. The zero-order valence-electron chi connectivity index (χ0n) is 14.0. The average Bonchev–Trinajstić information content (AvgIpc) is 2.58. The first kappa shape index (κ1) is 18.4. The zero-order valence-corrected chi connectivity index (χ0v) is 14.7. The quantitative estimate of drug-likeness (QED) is 0.615. The number of hydrogen-bond acceptors (Lipinski definition) is 3. The molecule has 0 saturated carbocycles. The average molecular weight is 379 g/mol. The van der Waals surface area contributed by atoms with Crippen LogP contribution in [0, 0.1) is 24.4 Å². The van der Waals surface area contributed by atoms with E-state index in [0.29, 0.717) is 35.6 Å². The monoisotopic (exact) mass is 378 g/mol. The van der Waals surface area contributed by atoms with Gasteiger partial charge in [0, 0.05) is 30.4 Å². The molecule has 2 aromatic carbocycles. The highest BCUT2D eigenvalue weighted by atomic mass is 35.5. The third kappa shape index (κ3) is 3.43. The Balaban J connectivity index is 2.26. The molecule has 0 aliphatic rings.